The van der Waals surface area contributed by atoms with E-state index >= 15 is 0 Å². The largest absolute Gasteiger partial charge is 2.00 e. The molecule has 122 valence electrons. The van der Waals surface area contributed by atoms with Crippen molar-refractivity contribution >= 4 is 11.6 Å². The van der Waals surface area contributed by atoms with E-state index in [1.54, 1.807) is 31.3 Å². The van der Waals surface area contributed by atoms with Crippen molar-refractivity contribution in [2.75, 3.05) is 13.6 Å². The minimum absolute atomic E-state index is 0. The van der Waals surface area contributed by atoms with Gasteiger partial charge in [0.25, 0.3) is 0 Å². The van der Waals surface area contributed by atoms with Gasteiger partial charge in [0.15, 0.2) is 0 Å². The monoisotopic (exact) mass is 500 g/mol. The van der Waals surface area contributed by atoms with Crippen LogP contribution in [0.4, 0.5) is 0 Å². The summed E-state index contributed by atoms with van der Waals surface area (Å²) < 4.78 is 0. The summed E-state index contributed by atoms with van der Waals surface area (Å²) in [4.78, 5) is 0. The fourth-order valence-electron chi connectivity index (χ4n) is 1.34. The molecule has 0 aliphatic heterocycles. The molecular formula is C17H21ClN4W. The summed E-state index contributed by atoms with van der Waals surface area (Å²) in [7, 11) is 1.76. The first-order chi connectivity index (χ1) is 10.3. The van der Waals surface area contributed by atoms with Crippen LogP contribution in [0.5, 0.6) is 0 Å². The molecule has 0 saturated carbocycles. The van der Waals surface area contributed by atoms with Gasteiger partial charge in [-0.3, -0.25) is 0 Å². The molecule has 0 aliphatic rings. The third-order valence-corrected chi connectivity index (χ3v) is 3.10. The zero-order valence-electron chi connectivity index (χ0n) is 13.5. The van der Waals surface area contributed by atoms with Crippen LogP contribution < -0.4 is 11.5 Å². The van der Waals surface area contributed by atoms with E-state index in [0.29, 0.717) is 23.1 Å². The molecule has 0 unspecified atom stereocenters. The number of hydrogen-bond donors (Lipinski definition) is 2. The predicted octanol–water partition coefficient (Wildman–Crippen LogP) is 3.49. The molecule has 0 saturated heterocycles. The number of allylic oxidation sites excluding steroid dienone is 3. The smallest absolute Gasteiger partial charge is 0.660 e. The molecule has 0 aromatic heterocycles. The van der Waals surface area contributed by atoms with Gasteiger partial charge in [-0.25, -0.2) is 0 Å². The maximum atomic E-state index is 5.89. The van der Waals surface area contributed by atoms with Crippen molar-refractivity contribution in [1.82, 2.24) is 0 Å². The Balaban J connectivity index is 0.00000484. The van der Waals surface area contributed by atoms with Gasteiger partial charge in [0.1, 0.15) is 0 Å². The second-order valence-corrected chi connectivity index (χ2v) is 5.76. The van der Waals surface area contributed by atoms with Crippen LogP contribution in [0.2, 0.25) is 5.02 Å². The minimum atomic E-state index is -0.222. The molecule has 1 aromatic carbocycles. The number of rotatable bonds is 5. The standard InChI is InChI=1S/C17H21ClN4.W/c1-17(2,21-3)12-22-16(20)10-9-15(19)8-7-13-5-4-6-14(18)11-13;/h4-6,9-11H,12,19-20H2,1-3H3;/q-2;+2/b15-9-,16-10+;. The van der Waals surface area contributed by atoms with E-state index in [1.165, 1.54) is 0 Å². The van der Waals surface area contributed by atoms with E-state index in [-0.39, 0.29) is 26.6 Å². The Kier molecular flexibility index (Phi) is 9.75. The quantitative estimate of drug-likeness (QED) is 0.480. The SMILES string of the molecule is C[N-]C(C)(C)C[N-]/C(N)=C/C=C(\N)C#Cc1cccc(Cl)c1.[W+2]. The number of benzene rings is 1. The summed E-state index contributed by atoms with van der Waals surface area (Å²) in [5.74, 6) is 6.16. The first-order valence-corrected chi connectivity index (χ1v) is 7.19. The van der Waals surface area contributed by atoms with Crippen molar-refractivity contribution in [1.29, 1.82) is 0 Å². The van der Waals surface area contributed by atoms with Gasteiger partial charge in [0.2, 0.25) is 0 Å². The molecule has 0 spiro atoms. The Morgan fingerprint density at radius 3 is 2.61 bits per heavy atom. The zero-order chi connectivity index (χ0) is 16.6. The van der Waals surface area contributed by atoms with Gasteiger partial charge >= 0.3 is 21.1 Å². The molecule has 0 aliphatic carbocycles. The van der Waals surface area contributed by atoms with Gasteiger partial charge < -0.3 is 22.1 Å². The molecule has 0 amide bonds. The van der Waals surface area contributed by atoms with Crippen LogP contribution in [0, 0.1) is 11.8 Å². The summed E-state index contributed by atoms with van der Waals surface area (Å²) in [6.07, 6.45) is 3.26. The minimum Gasteiger partial charge on any atom is -0.660 e. The Morgan fingerprint density at radius 1 is 1.30 bits per heavy atom. The van der Waals surface area contributed by atoms with Crippen molar-refractivity contribution < 1.29 is 21.1 Å². The summed E-state index contributed by atoms with van der Waals surface area (Å²) in [5.41, 5.74) is 12.6. The van der Waals surface area contributed by atoms with Crippen LogP contribution in [0.15, 0.2) is 47.9 Å². The van der Waals surface area contributed by atoms with Crippen molar-refractivity contribution in [2.45, 2.75) is 19.4 Å². The molecule has 23 heavy (non-hydrogen) atoms. The van der Waals surface area contributed by atoms with Crippen molar-refractivity contribution in [3.63, 3.8) is 0 Å². The molecule has 6 heteroatoms. The molecule has 4 N–H and O–H groups in total. The molecule has 0 fully saturated rings. The summed E-state index contributed by atoms with van der Waals surface area (Å²) in [5, 5.41) is 9.10. The van der Waals surface area contributed by atoms with Crippen molar-refractivity contribution in [3.8, 4) is 11.8 Å². The second-order valence-electron chi connectivity index (χ2n) is 5.33. The fraction of sp³-hybridized carbons (Fsp3) is 0.294. The maximum Gasteiger partial charge on any atom is 2.00 e. The van der Waals surface area contributed by atoms with Gasteiger partial charge in [0.05, 0.1) is 5.70 Å². The van der Waals surface area contributed by atoms with Crippen LogP contribution in [-0.4, -0.2) is 19.1 Å². The van der Waals surface area contributed by atoms with E-state index in [9.17, 15) is 0 Å². The van der Waals surface area contributed by atoms with Crippen molar-refractivity contribution in [3.05, 3.63) is 69.2 Å². The molecule has 0 radical (unpaired) electrons. The van der Waals surface area contributed by atoms with E-state index in [0.717, 1.165) is 5.56 Å². The van der Waals surface area contributed by atoms with E-state index < -0.39 is 0 Å². The van der Waals surface area contributed by atoms with Crippen molar-refractivity contribution in [2.24, 2.45) is 11.5 Å². The number of nitrogens with two attached hydrogens (primary N) is 2. The molecule has 4 nitrogen and oxygen atoms in total. The molecule has 0 heterocycles. The van der Waals surface area contributed by atoms with E-state index in [4.69, 9.17) is 23.1 Å². The Labute approximate surface area is 158 Å². The van der Waals surface area contributed by atoms with Gasteiger partial charge in [-0.2, -0.15) is 7.05 Å². The Morgan fingerprint density at radius 2 is 2.00 bits per heavy atom. The van der Waals surface area contributed by atoms with Crippen LogP contribution in [0.1, 0.15) is 19.4 Å². The number of nitrogens with zero attached hydrogens (tertiary/aromatic N) is 2. The Bertz CT molecular complexity index is 627. The summed E-state index contributed by atoms with van der Waals surface area (Å²) >= 11 is 5.89. The molecule has 0 atom stereocenters. The normalized spacial score (nSPS) is 12.0. The zero-order valence-corrected chi connectivity index (χ0v) is 17.2. The summed E-state index contributed by atoms with van der Waals surface area (Å²) in [6, 6.07) is 7.27. The number of likely N-dealkylation sites (N-methyl/N-ethyl adjacent to an activating group) is 1. The van der Waals surface area contributed by atoms with Crippen LogP contribution in [-0.2, 0) is 21.1 Å². The van der Waals surface area contributed by atoms with Gasteiger partial charge in [-0.05, 0) is 30.2 Å². The maximum absolute atomic E-state index is 5.89. The number of halogens is 1. The van der Waals surface area contributed by atoms with Crippen LogP contribution in [0.25, 0.3) is 10.6 Å². The van der Waals surface area contributed by atoms with Gasteiger partial charge in [-0.1, -0.05) is 55.9 Å². The molecule has 1 aromatic rings. The van der Waals surface area contributed by atoms with Gasteiger partial charge in [0, 0.05) is 10.6 Å². The predicted molar refractivity (Wildman–Crippen MR) is 94.5 cm³/mol. The summed E-state index contributed by atoms with van der Waals surface area (Å²) in [6.45, 7) is 4.50. The van der Waals surface area contributed by atoms with Gasteiger partial charge in [-0.15, -0.1) is 5.54 Å². The fourth-order valence-corrected chi connectivity index (χ4v) is 1.53. The molecular weight excluding hydrogens is 480 g/mol. The third-order valence-electron chi connectivity index (χ3n) is 2.86. The number of hydrogen-bond acceptors (Lipinski definition) is 2. The average Bonchev–Trinajstić information content (AvgIpc) is 2.49. The second kappa shape index (κ2) is 10.4. The molecule has 0 bridgehead atoms. The third kappa shape index (κ3) is 9.35. The topological polar surface area (TPSA) is 80.2 Å². The van der Waals surface area contributed by atoms with Crippen LogP contribution >= 0.6 is 11.6 Å². The first kappa shape index (κ1) is 21.6. The van der Waals surface area contributed by atoms with E-state index in [2.05, 4.69) is 22.5 Å². The average molecular weight is 501 g/mol. The first-order valence-electron chi connectivity index (χ1n) is 6.81. The molecule has 1 rings (SSSR count). The van der Waals surface area contributed by atoms with E-state index in [1.807, 2.05) is 26.0 Å². The van der Waals surface area contributed by atoms with Crippen LogP contribution in [0.3, 0.4) is 0 Å². The Hall–Kier alpha value is -1.40.